The van der Waals surface area contributed by atoms with E-state index in [2.05, 4.69) is 31.3 Å². The molecule has 0 unspecified atom stereocenters. The van der Waals surface area contributed by atoms with Crippen molar-refractivity contribution >= 4 is 34.7 Å². The summed E-state index contributed by atoms with van der Waals surface area (Å²) in [6, 6.07) is 2.40. The molecule has 2 N–H and O–H groups in total. The maximum atomic E-state index is 14.5. The first kappa shape index (κ1) is 29.3. The molecular formula is C30H34FN11O3S. The number of hydrogen-bond donors (Lipinski definition) is 1. The number of nitrogens with two attached hydrogens (primary N) is 1. The lowest BCUT2D eigenvalue weighted by molar-refractivity contribution is 0.0342. The SMILES string of the molecule is C[C@]1(c2nc(-c3nc(OC[C@]45CCCN4C[C@@H](F)C5)nc(N4CCO[C@H](C5C=NN=C5)C4)n3)no2)CCCc2sc(N)c(C#N)c21. The third-order valence-electron chi connectivity index (χ3n) is 10.0. The van der Waals surface area contributed by atoms with Crippen molar-refractivity contribution in [1.82, 2.24) is 30.0 Å². The van der Waals surface area contributed by atoms with E-state index in [1.165, 1.54) is 11.3 Å². The van der Waals surface area contributed by atoms with Crippen LogP contribution >= 0.6 is 11.3 Å². The van der Waals surface area contributed by atoms with Crippen LogP contribution in [0.3, 0.4) is 0 Å². The van der Waals surface area contributed by atoms with Crippen molar-refractivity contribution in [2.24, 2.45) is 16.1 Å². The minimum atomic E-state index is -0.874. The number of hydrogen-bond acceptors (Lipinski definition) is 15. The van der Waals surface area contributed by atoms with E-state index in [4.69, 9.17) is 34.7 Å². The number of halogens is 1. The fourth-order valence-electron chi connectivity index (χ4n) is 7.70. The molecule has 0 saturated carbocycles. The Balaban J connectivity index is 1.13. The zero-order chi connectivity index (χ0) is 31.5. The van der Waals surface area contributed by atoms with Crippen LogP contribution in [0.1, 0.15) is 60.9 Å². The van der Waals surface area contributed by atoms with E-state index in [9.17, 15) is 9.65 Å². The second kappa shape index (κ2) is 11.3. The molecule has 3 aromatic rings. The topological polar surface area (TPSA) is 177 Å². The summed E-state index contributed by atoms with van der Waals surface area (Å²) in [5, 5.41) is 22.7. The molecule has 0 amide bonds. The third-order valence-corrected chi connectivity index (χ3v) is 11.1. The molecule has 0 bridgehead atoms. The Labute approximate surface area is 268 Å². The van der Waals surface area contributed by atoms with E-state index < -0.39 is 11.6 Å². The highest BCUT2D eigenvalue weighted by Crippen LogP contribution is 2.48. The molecule has 4 aliphatic heterocycles. The lowest BCUT2D eigenvalue weighted by Crippen LogP contribution is -2.47. The predicted octanol–water partition coefficient (Wildman–Crippen LogP) is 2.93. The van der Waals surface area contributed by atoms with Gasteiger partial charge in [0.25, 0.3) is 0 Å². The van der Waals surface area contributed by atoms with Crippen molar-refractivity contribution in [1.29, 1.82) is 5.26 Å². The fraction of sp³-hybridized carbons (Fsp3) is 0.600. The molecule has 4 atom stereocenters. The van der Waals surface area contributed by atoms with Gasteiger partial charge in [0.1, 0.15) is 23.8 Å². The molecule has 8 rings (SSSR count). The average molecular weight is 648 g/mol. The van der Waals surface area contributed by atoms with Gasteiger partial charge in [0, 0.05) is 48.9 Å². The number of rotatable bonds is 7. The van der Waals surface area contributed by atoms with Crippen LogP contribution in [0.25, 0.3) is 11.6 Å². The van der Waals surface area contributed by atoms with Gasteiger partial charge in [-0.15, -0.1) is 11.3 Å². The zero-order valence-electron chi connectivity index (χ0n) is 25.4. The van der Waals surface area contributed by atoms with Crippen molar-refractivity contribution in [3.8, 4) is 23.7 Å². The molecule has 3 saturated heterocycles. The van der Waals surface area contributed by atoms with Crippen LogP contribution in [0.4, 0.5) is 15.3 Å². The number of morpholine rings is 1. The van der Waals surface area contributed by atoms with Crippen LogP contribution in [-0.2, 0) is 16.6 Å². The van der Waals surface area contributed by atoms with Gasteiger partial charge in [0.05, 0.1) is 35.1 Å². The van der Waals surface area contributed by atoms with Crippen LogP contribution in [-0.4, -0.2) is 99.6 Å². The number of aryl methyl sites for hydroxylation is 1. The normalized spacial score (nSPS) is 29.3. The maximum Gasteiger partial charge on any atom is 0.321 e. The van der Waals surface area contributed by atoms with E-state index in [1.54, 1.807) is 12.4 Å². The molecule has 1 aliphatic carbocycles. The number of aromatic nitrogens is 5. The van der Waals surface area contributed by atoms with Crippen molar-refractivity contribution < 1.29 is 18.4 Å². The number of nitriles is 1. The number of ether oxygens (including phenoxy) is 2. The summed E-state index contributed by atoms with van der Waals surface area (Å²) in [4.78, 5) is 24.2. The van der Waals surface area contributed by atoms with Gasteiger partial charge >= 0.3 is 6.01 Å². The molecule has 3 aromatic heterocycles. The molecule has 14 nitrogen and oxygen atoms in total. The largest absolute Gasteiger partial charge is 0.461 e. The molecule has 7 heterocycles. The van der Waals surface area contributed by atoms with Gasteiger partial charge in [0.15, 0.2) is 0 Å². The van der Waals surface area contributed by atoms with E-state index in [1.807, 2.05) is 11.8 Å². The highest BCUT2D eigenvalue weighted by Gasteiger charge is 2.49. The van der Waals surface area contributed by atoms with Crippen LogP contribution in [0.5, 0.6) is 6.01 Å². The summed E-state index contributed by atoms with van der Waals surface area (Å²) in [6.45, 7) is 5.09. The van der Waals surface area contributed by atoms with Crippen molar-refractivity contribution in [2.75, 3.05) is 50.0 Å². The first-order chi connectivity index (χ1) is 22.3. The Bertz CT molecular complexity index is 1740. The standard InChI is InChI=1S/C30H34FN11O3S/c1-29(5-2-4-21-22(29)19(11-32)23(33)46-21)26-36-25(40-45-26)24-37-27(41-8-9-43-20(15-41)17-12-34-35-13-17)39-28(38-24)44-16-30-6-3-7-42(30)14-18(31)10-30/h12-13,17-18,20H,2-10,14-16,33H2,1H3/t18-,20-,29-,30+/m0/s1. The minimum Gasteiger partial charge on any atom is -0.461 e. The number of anilines is 2. The monoisotopic (exact) mass is 647 g/mol. The molecule has 0 aromatic carbocycles. The average Bonchev–Trinajstić information content (AvgIpc) is 3.89. The van der Waals surface area contributed by atoms with E-state index in [0.29, 0.717) is 55.1 Å². The lowest BCUT2D eigenvalue weighted by atomic mass is 9.72. The van der Waals surface area contributed by atoms with Gasteiger partial charge in [-0.3, -0.25) is 4.90 Å². The zero-order valence-corrected chi connectivity index (χ0v) is 26.2. The first-order valence-electron chi connectivity index (χ1n) is 15.7. The van der Waals surface area contributed by atoms with Gasteiger partial charge in [0.2, 0.25) is 23.5 Å². The quantitative estimate of drug-likeness (QED) is 0.397. The molecule has 0 spiro atoms. The van der Waals surface area contributed by atoms with Gasteiger partial charge in [-0.1, -0.05) is 5.16 Å². The van der Waals surface area contributed by atoms with Crippen molar-refractivity contribution in [3.63, 3.8) is 0 Å². The Morgan fingerprint density at radius 1 is 1.13 bits per heavy atom. The van der Waals surface area contributed by atoms with E-state index in [0.717, 1.165) is 49.1 Å². The van der Waals surface area contributed by atoms with Crippen molar-refractivity contribution in [3.05, 3.63) is 21.9 Å². The number of nitrogen functional groups attached to an aromatic ring is 1. The minimum absolute atomic E-state index is 0.0476. The summed E-state index contributed by atoms with van der Waals surface area (Å²) >= 11 is 1.45. The summed E-state index contributed by atoms with van der Waals surface area (Å²) in [5.41, 5.74) is 6.51. The van der Waals surface area contributed by atoms with Gasteiger partial charge in [-0.2, -0.15) is 35.4 Å². The summed E-state index contributed by atoms with van der Waals surface area (Å²) < 4.78 is 32.7. The molecule has 0 radical (unpaired) electrons. The fourth-order valence-corrected chi connectivity index (χ4v) is 8.89. The molecule has 5 aliphatic rings. The van der Waals surface area contributed by atoms with Crippen molar-refractivity contribution in [2.45, 2.75) is 68.7 Å². The molecule has 46 heavy (non-hydrogen) atoms. The third kappa shape index (κ3) is 4.92. The Hall–Kier alpha value is -4.07. The number of alkyl halides is 1. The van der Waals surface area contributed by atoms with Gasteiger partial charge in [-0.05, 0) is 45.6 Å². The Morgan fingerprint density at radius 3 is 2.85 bits per heavy atom. The van der Waals surface area contributed by atoms with E-state index in [-0.39, 0.29) is 41.8 Å². The lowest BCUT2D eigenvalue weighted by Gasteiger charge is -2.34. The van der Waals surface area contributed by atoms with Crippen LogP contribution < -0.4 is 15.4 Å². The summed E-state index contributed by atoms with van der Waals surface area (Å²) in [7, 11) is 0. The van der Waals surface area contributed by atoms with E-state index >= 15 is 0 Å². The number of thiophene rings is 1. The Morgan fingerprint density at radius 2 is 2.00 bits per heavy atom. The maximum absolute atomic E-state index is 14.5. The van der Waals surface area contributed by atoms with Crippen LogP contribution in [0, 0.1) is 17.2 Å². The smallest absolute Gasteiger partial charge is 0.321 e. The van der Waals surface area contributed by atoms with Gasteiger partial charge in [-0.25, -0.2) is 4.39 Å². The second-order valence-electron chi connectivity index (χ2n) is 12.9. The molecule has 240 valence electrons. The van der Waals surface area contributed by atoms with Gasteiger partial charge < -0.3 is 24.6 Å². The molecular weight excluding hydrogens is 613 g/mol. The molecule has 3 fully saturated rings. The highest BCUT2D eigenvalue weighted by atomic mass is 32.1. The van der Waals surface area contributed by atoms with Crippen LogP contribution in [0.2, 0.25) is 0 Å². The number of fused-ring (bicyclic) bond motifs is 2. The predicted molar refractivity (Wildman–Crippen MR) is 167 cm³/mol. The van der Waals surface area contributed by atoms with Crippen LogP contribution in [0.15, 0.2) is 14.7 Å². The molecule has 16 heteroatoms. The Kier molecular flexibility index (Phi) is 7.22. The highest BCUT2D eigenvalue weighted by molar-refractivity contribution is 7.16. The second-order valence-corrected chi connectivity index (χ2v) is 14.1. The summed E-state index contributed by atoms with van der Waals surface area (Å²) in [6.07, 6.45) is 7.25. The first-order valence-corrected chi connectivity index (χ1v) is 16.5. The number of nitrogens with zero attached hydrogens (tertiary/aromatic N) is 10. The summed E-state index contributed by atoms with van der Waals surface area (Å²) in [5.74, 6) is 1.10.